The van der Waals surface area contributed by atoms with Crippen LogP contribution in [-0.4, -0.2) is 61.8 Å². The van der Waals surface area contributed by atoms with Crippen LogP contribution in [0.1, 0.15) is 79.3 Å². The molecule has 2 aromatic carbocycles. The number of rotatable bonds is 9. The highest BCUT2D eigenvalue weighted by Gasteiger charge is 2.27. The lowest BCUT2D eigenvalue weighted by Gasteiger charge is -2.32. The molecule has 2 aliphatic rings. The number of halogens is 1. The predicted molar refractivity (Wildman–Crippen MR) is 174 cm³/mol. The summed E-state index contributed by atoms with van der Waals surface area (Å²) >= 11 is 0. The number of piperidine rings is 1. The zero-order valence-electron chi connectivity index (χ0n) is 27.3. The fourth-order valence-corrected chi connectivity index (χ4v) is 6.29. The summed E-state index contributed by atoms with van der Waals surface area (Å²) < 4.78 is 39.7. The number of esters is 1. The van der Waals surface area contributed by atoms with Crippen molar-refractivity contribution in [3.05, 3.63) is 82.9 Å². The van der Waals surface area contributed by atoms with Crippen molar-refractivity contribution in [3.63, 3.8) is 0 Å². The Labute approximate surface area is 272 Å². The number of carbonyl (C=O) groups is 1. The van der Waals surface area contributed by atoms with E-state index < -0.39 is 5.60 Å². The Bertz CT molecular complexity index is 1920. The fraction of sp³-hybridized carbons (Fsp3) is 0.444. The lowest BCUT2D eigenvalue weighted by molar-refractivity contribution is -0.0592. The Morgan fingerprint density at radius 1 is 1.02 bits per heavy atom. The molecule has 0 aliphatic carbocycles. The van der Waals surface area contributed by atoms with E-state index in [1.807, 2.05) is 45.0 Å². The number of aromatic nitrogens is 4. The molecule has 0 amide bonds. The van der Waals surface area contributed by atoms with E-state index in [-0.39, 0.29) is 24.5 Å². The number of ether oxygens (including phenoxy) is 3. The maximum Gasteiger partial charge on any atom is 0.338 e. The number of hydrogen-bond acceptors (Lipinski definition) is 9. The second kappa shape index (κ2) is 12.7. The van der Waals surface area contributed by atoms with Crippen molar-refractivity contribution >= 4 is 28.1 Å². The maximum absolute atomic E-state index is 14.6. The molecule has 2 aliphatic heterocycles. The summed E-state index contributed by atoms with van der Waals surface area (Å²) in [5, 5.41) is 0. The normalized spacial score (nSPS) is 17.7. The van der Waals surface area contributed by atoms with Gasteiger partial charge < -0.3 is 23.2 Å². The first kappa shape index (κ1) is 31.3. The van der Waals surface area contributed by atoms with Gasteiger partial charge in [-0.25, -0.2) is 24.1 Å². The standard InChI is InChI=1S/C36H40FN5O5/c1-22-38-30-18-27(37)25(17-32(30)46-22)21-45-34-7-5-6-28(40-34)23-10-13-41(14-11-23)20-33-39-29-9-8-24(35(43)47-36(2,3)4)16-31(29)42(33)19-26-12-15-44-26/h5-9,16-18,23,26H,10-15,19-21H2,1-4H3/t26-/m0/s1. The molecule has 0 saturated carbocycles. The summed E-state index contributed by atoms with van der Waals surface area (Å²) in [6, 6.07) is 14.4. The van der Waals surface area contributed by atoms with Crippen molar-refractivity contribution in [1.82, 2.24) is 24.4 Å². The van der Waals surface area contributed by atoms with E-state index in [2.05, 4.69) is 14.5 Å². The number of fused-ring (bicyclic) bond motifs is 2. The van der Waals surface area contributed by atoms with Crippen LogP contribution in [0.5, 0.6) is 5.88 Å². The second-order valence-corrected chi connectivity index (χ2v) is 13.5. The molecule has 246 valence electrons. The molecule has 5 heterocycles. The molecule has 2 fully saturated rings. The van der Waals surface area contributed by atoms with E-state index in [4.69, 9.17) is 28.6 Å². The van der Waals surface area contributed by atoms with Crippen LogP contribution in [0.4, 0.5) is 4.39 Å². The van der Waals surface area contributed by atoms with Crippen LogP contribution in [0, 0.1) is 12.7 Å². The third-order valence-electron chi connectivity index (χ3n) is 8.80. The first-order valence-corrected chi connectivity index (χ1v) is 16.3. The molecule has 0 spiro atoms. The van der Waals surface area contributed by atoms with Gasteiger partial charge in [0.05, 0.1) is 35.8 Å². The number of benzene rings is 2. The van der Waals surface area contributed by atoms with Gasteiger partial charge in [0.15, 0.2) is 11.5 Å². The van der Waals surface area contributed by atoms with Gasteiger partial charge in [-0.2, -0.15) is 0 Å². The SMILES string of the molecule is Cc1nc2cc(F)c(COc3cccc(C4CCN(Cc5nc6ccc(C(=O)OC(C)(C)C)cc6n5C[C@@H]5CCO5)CC4)n3)cc2o1. The third-order valence-corrected chi connectivity index (χ3v) is 8.80. The quantitative estimate of drug-likeness (QED) is 0.162. The van der Waals surface area contributed by atoms with Gasteiger partial charge in [-0.15, -0.1) is 0 Å². The Morgan fingerprint density at radius 2 is 1.83 bits per heavy atom. The lowest BCUT2D eigenvalue weighted by atomic mass is 9.93. The molecule has 7 rings (SSSR count). The van der Waals surface area contributed by atoms with Gasteiger partial charge in [-0.1, -0.05) is 6.07 Å². The van der Waals surface area contributed by atoms with Crippen molar-refractivity contribution in [2.24, 2.45) is 0 Å². The molecular formula is C36H40FN5O5. The van der Waals surface area contributed by atoms with Crippen molar-refractivity contribution in [1.29, 1.82) is 0 Å². The van der Waals surface area contributed by atoms with Gasteiger partial charge in [0.1, 0.15) is 29.4 Å². The molecule has 0 N–H and O–H groups in total. The summed E-state index contributed by atoms with van der Waals surface area (Å²) in [4.78, 5) is 29.2. The zero-order valence-corrected chi connectivity index (χ0v) is 27.3. The Kier molecular flexibility index (Phi) is 8.44. The van der Waals surface area contributed by atoms with E-state index in [0.29, 0.717) is 53.0 Å². The maximum atomic E-state index is 14.6. The highest BCUT2D eigenvalue weighted by Crippen LogP contribution is 2.30. The number of nitrogens with zero attached hydrogens (tertiary/aromatic N) is 5. The van der Waals surface area contributed by atoms with Crippen molar-refractivity contribution < 1.29 is 27.8 Å². The van der Waals surface area contributed by atoms with Crippen LogP contribution in [0.3, 0.4) is 0 Å². The van der Waals surface area contributed by atoms with Gasteiger partial charge >= 0.3 is 5.97 Å². The van der Waals surface area contributed by atoms with Crippen LogP contribution >= 0.6 is 0 Å². The van der Waals surface area contributed by atoms with Crippen LogP contribution in [-0.2, 0) is 29.2 Å². The van der Waals surface area contributed by atoms with Gasteiger partial charge in [-0.3, -0.25) is 4.90 Å². The van der Waals surface area contributed by atoms with Crippen molar-refractivity contribution in [2.75, 3.05) is 19.7 Å². The average molecular weight is 642 g/mol. The number of oxazole rings is 1. The smallest absolute Gasteiger partial charge is 0.338 e. The monoisotopic (exact) mass is 641 g/mol. The van der Waals surface area contributed by atoms with Crippen LogP contribution in [0.2, 0.25) is 0 Å². The highest BCUT2D eigenvalue weighted by atomic mass is 19.1. The molecule has 0 radical (unpaired) electrons. The minimum Gasteiger partial charge on any atom is -0.473 e. The number of pyridine rings is 1. The van der Waals surface area contributed by atoms with Crippen LogP contribution in [0.15, 0.2) is 52.9 Å². The number of aryl methyl sites for hydroxylation is 1. The van der Waals surface area contributed by atoms with E-state index in [1.165, 1.54) is 6.07 Å². The molecule has 2 saturated heterocycles. The Hall–Kier alpha value is -4.35. The van der Waals surface area contributed by atoms with Gasteiger partial charge in [-0.05, 0) is 83.5 Å². The molecule has 47 heavy (non-hydrogen) atoms. The molecule has 3 aromatic heterocycles. The average Bonchev–Trinajstić information content (AvgIpc) is 3.54. The largest absolute Gasteiger partial charge is 0.473 e. The third kappa shape index (κ3) is 7.01. The number of carbonyl (C=O) groups excluding carboxylic acids is 1. The van der Waals surface area contributed by atoms with Crippen molar-refractivity contribution in [3.8, 4) is 5.88 Å². The summed E-state index contributed by atoms with van der Waals surface area (Å²) in [6.07, 6.45) is 3.05. The Morgan fingerprint density at radius 3 is 2.57 bits per heavy atom. The number of hydrogen-bond donors (Lipinski definition) is 0. The lowest BCUT2D eigenvalue weighted by Crippen LogP contribution is -2.35. The first-order valence-electron chi connectivity index (χ1n) is 16.3. The van der Waals surface area contributed by atoms with Gasteiger partial charge in [0.2, 0.25) is 5.88 Å². The molecule has 0 bridgehead atoms. The van der Waals surface area contributed by atoms with E-state index >= 15 is 0 Å². The van der Waals surface area contributed by atoms with Crippen LogP contribution in [0.25, 0.3) is 22.1 Å². The summed E-state index contributed by atoms with van der Waals surface area (Å²) in [5.74, 6) is 1.50. The van der Waals surface area contributed by atoms with E-state index in [1.54, 1.807) is 25.1 Å². The van der Waals surface area contributed by atoms with Gasteiger partial charge in [0, 0.05) is 42.8 Å². The molecule has 11 heteroatoms. The predicted octanol–water partition coefficient (Wildman–Crippen LogP) is 6.72. The molecule has 5 aromatic rings. The molecule has 1 atom stereocenters. The fourth-order valence-electron chi connectivity index (χ4n) is 6.29. The molecular weight excluding hydrogens is 601 g/mol. The number of imidazole rings is 1. The van der Waals surface area contributed by atoms with E-state index in [9.17, 15) is 9.18 Å². The second-order valence-electron chi connectivity index (χ2n) is 13.5. The minimum absolute atomic E-state index is 0.0442. The summed E-state index contributed by atoms with van der Waals surface area (Å²) in [7, 11) is 0. The number of likely N-dealkylation sites (tertiary alicyclic amines) is 1. The summed E-state index contributed by atoms with van der Waals surface area (Å²) in [6.45, 7) is 11.4. The highest BCUT2D eigenvalue weighted by molar-refractivity contribution is 5.94. The molecule has 10 nitrogen and oxygen atoms in total. The van der Waals surface area contributed by atoms with Gasteiger partial charge in [0.25, 0.3) is 0 Å². The first-order chi connectivity index (χ1) is 22.6. The minimum atomic E-state index is -0.569. The molecule has 0 unspecified atom stereocenters. The topological polar surface area (TPSA) is 105 Å². The Balaban J connectivity index is 1.01. The van der Waals surface area contributed by atoms with E-state index in [0.717, 1.165) is 61.5 Å². The van der Waals surface area contributed by atoms with Crippen LogP contribution < -0.4 is 4.74 Å². The zero-order chi connectivity index (χ0) is 32.7. The summed E-state index contributed by atoms with van der Waals surface area (Å²) in [5.41, 5.74) is 4.13. The van der Waals surface area contributed by atoms with Crippen molar-refractivity contribution in [2.45, 2.75) is 84.3 Å².